The minimum Gasteiger partial charge on any atom is -0.508 e. The number of terminal acetylenes is 1. The van der Waals surface area contributed by atoms with Crippen molar-refractivity contribution in [1.82, 2.24) is 4.90 Å². The standard InChI is InChI=1S/C11H11NO3/c1-3-6-12(2)11(15)9-5-4-8(13)7-10(9)14/h1,4-5,7,13-14H,6H2,2H3. The smallest absolute Gasteiger partial charge is 0.258 e. The van der Waals surface area contributed by atoms with Gasteiger partial charge in [-0.05, 0) is 12.1 Å². The summed E-state index contributed by atoms with van der Waals surface area (Å²) in [5.74, 6) is 1.59. The molecule has 78 valence electrons. The lowest BCUT2D eigenvalue weighted by Gasteiger charge is -2.14. The van der Waals surface area contributed by atoms with Gasteiger partial charge in [0.25, 0.3) is 5.91 Å². The molecule has 0 radical (unpaired) electrons. The van der Waals surface area contributed by atoms with Gasteiger partial charge >= 0.3 is 0 Å². The lowest BCUT2D eigenvalue weighted by atomic mass is 10.1. The Morgan fingerprint density at radius 1 is 1.53 bits per heavy atom. The molecule has 15 heavy (non-hydrogen) atoms. The summed E-state index contributed by atoms with van der Waals surface area (Å²) in [6.07, 6.45) is 5.06. The number of phenolic OH excluding ortho intramolecular Hbond substituents is 2. The van der Waals surface area contributed by atoms with E-state index in [0.29, 0.717) is 0 Å². The fourth-order valence-corrected chi connectivity index (χ4v) is 1.12. The van der Waals surface area contributed by atoms with Crippen molar-refractivity contribution in [3.8, 4) is 23.8 Å². The molecule has 0 aliphatic rings. The molecule has 0 atom stereocenters. The Balaban J connectivity index is 2.97. The zero-order valence-corrected chi connectivity index (χ0v) is 8.27. The molecule has 0 fully saturated rings. The summed E-state index contributed by atoms with van der Waals surface area (Å²) in [6.45, 7) is 0.166. The van der Waals surface area contributed by atoms with Crippen LogP contribution in [0.5, 0.6) is 11.5 Å². The molecule has 0 saturated carbocycles. The Morgan fingerprint density at radius 3 is 2.73 bits per heavy atom. The summed E-state index contributed by atoms with van der Waals surface area (Å²) in [4.78, 5) is 13.0. The highest BCUT2D eigenvalue weighted by atomic mass is 16.3. The maximum atomic E-state index is 11.7. The van der Waals surface area contributed by atoms with E-state index in [1.165, 1.54) is 24.1 Å². The Kier molecular flexibility index (Phi) is 3.19. The second kappa shape index (κ2) is 4.38. The normalized spacial score (nSPS) is 9.33. The van der Waals surface area contributed by atoms with Crippen molar-refractivity contribution >= 4 is 5.91 Å². The number of nitrogens with zero attached hydrogens (tertiary/aromatic N) is 1. The molecular formula is C11H11NO3. The number of phenols is 2. The molecule has 0 aliphatic heterocycles. The van der Waals surface area contributed by atoms with E-state index in [0.717, 1.165) is 6.07 Å². The van der Waals surface area contributed by atoms with Gasteiger partial charge in [-0.1, -0.05) is 5.92 Å². The number of carbonyl (C=O) groups is 1. The maximum Gasteiger partial charge on any atom is 0.258 e. The number of carbonyl (C=O) groups excluding carboxylic acids is 1. The first-order chi connectivity index (χ1) is 7.06. The van der Waals surface area contributed by atoms with Gasteiger partial charge in [-0.25, -0.2) is 0 Å². The van der Waals surface area contributed by atoms with Crippen LogP contribution in [0.4, 0.5) is 0 Å². The van der Waals surface area contributed by atoms with Crippen LogP contribution in [0.2, 0.25) is 0 Å². The first kappa shape index (κ1) is 10.9. The number of aromatic hydroxyl groups is 2. The highest BCUT2D eigenvalue weighted by Gasteiger charge is 2.14. The topological polar surface area (TPSA) is 60.8 Å². The van der Waals surface area contributed by atoms with Crippen LogP contribution in [0.15, 0.2) is 18.2 Å². The van der Waals surface area contributed by atoms with E-state index in [2.05, 4.69) is 5.92 Å². The largest absolute Gasteiger partial charge is 0.508 e. The Hall–Kier alpha value is -2.15. The van der Waals surface area contributed by atoms with Gasteiger partial charge in [0, 0.05) is 13.1 Å². The average Bonchev–Trinajstić information content (AvgIpc) is 2.17. The van der Waals surface area contributed by atoms with E-state index in [-0.39, 0.29) is 29.5 Å². The van der Waals surface area contributed by atoms with E-state index in [1.807, 2.05) is 0 Å². The number of hydrogen-bond acceptors (Lipinski definition) is 3. The van der Waals surface area contributed by atoms with Gasteiger partial charge in [0.05, 0.1) is 12.1 Å². The second-order valence-corrected chi connectivity index (χ2v) is 3.07. The van der Waals surface area contributed by atoms with Gasteiger partial charge in [-0.2, -0.15) is 0 Å². The summed E-state index contributed by atoms with van der Waals surface area (Å²) in [7, 11) is 1.54. The molecule has 1 rings (SSSR count). The monoisotopic (exact) mass is 205 g/mol. The summed E-state index contributed by atoms with van der Waals surface area (Å²) in [5, 5.41) is 18.5. The van der Waals surface area contributed by atoms with Crippen LogP contribution in [-0.4, -0.2) is 34.6 Å². The summed E-state index contributed by atoms with van der Waals surface area (Å²) in [6, 6.07) is 3.79. The van der Waals surface area contributed by atoms with E-state index < -0.39 is 0 Å². The fourth-order valence-electron chi connectivity index (χ4n) is 1.12. The minimum absolute atomic E-state index is 0.0938. The molecule has 0 spiro atoms. The molecule has 0 aliphatic carbocycles. The number of amides is 1. The Labute approximate surface area is 87.8 Å². The summed E-state index contributed by atoms with van der Waals surface area (Å²) in [5.41, 5.74) is 0.116. The SMILES string of the molecule is C#CCN(C)C(=O)c1ccc(O)cc1O. The summed E-state index contributed by atoms with van der Waals surface area (Å²) < 4.78 is 0. The van der Waals surface area contributed by atoms with Gasteiger partial charge in [-0.3, -0.25) is 4.79 Å². The molecule has 1 aromatic rings. The van der Waals surface area contributed by atoms with E-state index >= 15 is 0 Å². The molecule has 0 heterocycles. The Morgan fingerprint density at radius 2 is 2.20 bits per heavy atom. The summed E-state index contributed by atoms with van der Waals surface area (Å²) >= 11 is 0. The van der Waals surface area contributed by atoms with Crippen LogP contribution < -0.4 is 0 Å². The van der Waals surface area contributed by atoms with Crippen LogP contribution >= 0.6 is 0 Å². The molecule has 2 N–H and O–H groups in total. The van der Waals surface area contributed by atoms with E-state index in [4.69, 9.17) is 11.5 Å². The highest BCUT2D eigenvalue weighted by Crippen LogP contribution is 2.23. The molecule has 1 aromatic carbocycles. The van der Waals surface area contributed by atoms with Crippen LogP contribution in [-0.2, 0) is 0 Å². The third-order valence-corrected chi connectivity index (χ3v) is 1.89. The van der Waals surface area contributed by atoms with Crippen LogP contribution in [0.1, 0.15) is 10.4 Å². The van der Waals surface area contributed by atoms with E-state index in [1.54, 1.807) is 0 Å². The third kappa shape index (κ3) is 2.41. The van der Waals surface area contributed by atoms with Gasteiger partial charge in [-0.15, -0.1) is 6.42 Å². The number of rotatable bonds is 2. The van der Waals surface area contributed by atoms with Crippen LogP contribution in [0.25, 0.3) is 0 Å². The van der Waals surface area contributed by atoms with Crippen LogP contribution in [0.3, 0.4) is 0 Å². The molecule has 0 unspecified atom stereocenters. The van der Waals surface area contributed by atoms with Gasteiger partial charge < -0.3 is 15.1 Å². The predicted octanol–water partition coefficient (Wildman–Crippen LogP) is 0.803. The van der Waals surface area contributed by atoms with Gasteiger partial charge in [0.1, 0.15) is 11.5 Å². The lowest BCUT2D eigenvalue weighted by molar-refractivity contribution is 0.0809. The molecule has 0 aromatic heterocycles. The quantitative estimate of drug-likeness (QED) is 0.702. The highest BCUT2D eigenvalue weighted by molar-refractivity contribution is 5.97. The minimum atomic E-state index is -0.384. The third-order valence-electron chi connectivity index (χ3n) is 1.89. The average molecular weight is 205 g/mol. The zero-order chi connectivity index (χ0) is 11.4. The first-order valence-corrected chi connectivity index (χ1v) is 4.27. The van der Waals surface area contributed by atoms with Crippen molar-refractivity contribution in [2.75, 3.05) is 13.6 Å². The fraction of sp³-hybridized carbons (Fsp3) is 0.182. The second-order valence-electron chi connectivity index (χ2n) is 3.07. The predicted molar refractivity (Wildman–Crippen MR) is 55.6 cm³/mol. The van der Waals surface area contributed by atoms with Crippen molar-refractivity contribution in [3.63, 3.8) is 0 Å². The van der Waals surface area contributed by atoms with Gasteiger partial charge in [0.15, 0.2) is 0 Å². The zero-order valence-electron chi connectivity index (χ0n) is 8.27. The molecular weight excluding hydrogens is 194 g/mol. The van der Waals surface area contributed by atoms with Crippen molar-refractivity contribution in [2.24, 2.45) is 0 Å². The first-order valence-electron chi connectivity index (χ1n) is 4.27. The molecule has 4 heteroatoms. The number of benzene rings is 1. The molecule has 1 amide bonds. The van der Waals surface area contributed by atoms with Crippen molar-refractivity contribution in [3.05, 3.63) is 23.8 Å². The molecule has 0 saturated heterocycles. The van der Waals surface area contributed by atoms with Crippen molar-refractivity contribution in [2.45, 2.75) is 0 Å². The Bertz CT molecular complexity index is 420. The van der Waals surface area contributed by atoms with E-state index in [9.17, 15) is 9.90 Å². The van der Waals surface area contributed by atoms with Gasteiger partial charge in [0.2, 0.25) is 0 Å². The lowest BCUT2D eigenvalue weighted by Crippen LogP contribution is -2.26. The molecule has 0 bridgehead atoms. The number of hydrogen-bond donors (Lipinski definition) is 2. The maximum absolute atomic E-state index is 11.7. The van der Waals surface area contributed by atoms with Crippen LogP contribution in [0, 0.1) is 12.3 Å². The van der Waals surface area contributed by atoms with Crippen molar-refractivity contribution < 1.29 is 15.0 Å². The van der Waals surface area contributed by atoms with Crippen molar-refractivity contribution in [1.29, 1.82) is 0 Å². The molecule has 4 nitrogen and oxygen atoms in total.